The highest BCUT2D eigenvalue weighted by atomic mass is 32.1. The molecule has 3 rings (SSSR count). The molecule has 5 nitrogen and oxygen atoms in total. The number of hydrogen-bond donors (Lipinski definition) is 1. The minimum absolute atomic E-state index is 0.168. The van der Waals surface area contributed by atoms with Crippen molar-refractivity contribution in [3.8, 4) is 0 Å². The quantitative estimate of drug-likeness (QED) is 0.944. The van der Waals surface area contributed by atoms with E-state index < -0.39 is 0 Å². The summed E-state index contributed by atoms with van der Waals surface area (Å²) in [5.41, 5.74) is 2.11. The highest BCUT2D eigenvalue weighted by Crippen LogP contribution is 2.28. The molecule has 0 bridgehead atoms. The average Bonchev–Trinajstić information content (AvgIpc) is 2.93. The van der Waals surface area contributed by atoms with Crippen LogP contribution in [0.5, 0.6) is 0 Å². The second-order valence-corrected chi connectivity index (χ2v) is 6.51. The van der Waals surface area contributed by atoms with Crippen LogP contribution in [-0.2, 0) is 4.79 Å². The summed E-state index contributed by atoms with van der Waals surface area (Å²) < 4.78 is 0. The molecule has 0 saturated carbocycles. The molecule has 3 heterocycles. The van der Waals surface area contributed by atoms with Gasteiger partial charge in [0.2, 0.25) is 5.91 Å². The molecule has 2 aromatic rings. The fourth-order valence-electron chi connectivity index (χ4n) is 2.76. The summed E-state index contributed by atoms with van der Waals surface area (Å²) in [7, 11) is 0. The summed E-state index contributed by atoms with van der Waals surface area (Å²) >= 11 is 1.58. The maximum absolute atomic E-state index is 11.4. The Morgan fingerprint density at radius 2 is 2.09 bits per heavy atom. The van der Waals surface area contributed by atoms with Gasteiger partial charge in [0, 0.05) is 37.0 Å². The molecule has 22 heavy (non-hydrogen) atoms. The lowest BCUT2D eigenvalue weighted by molar-refractivity contribution is -0.129. The van der Waals surface area contributed by atoms with E-state index in [1.165, 1.54) is 0 Å². The summed E-state index contributed by atoms with van der Waals surface area (Å²) in [5, 5.41) is 6.15. The Bertz CT molecular complexity index is 662. The minimum Gasteiger partial charge on any atom is -0.343 e. The van der Waals surface area contributed by atoms with E-state index in [1.54, 1.807) is 18.3 Å². The van der Waals surface area contributed by atoms with Crippen LogP contribution in [0, 0.1) is 6.92 Å². The first-order valence-electron chi connectivity index (χ1n) is 7.53. The highest BCUT2D eigenvalue weighted by molar-refractivity contribution is 7.13. The molecule has 1 amide bonds. The number of thiazole rings is 1. The molecule has 6 heteroatoms. The number of hydrogen-bond acceptors (Lipinski definition) is 5. The topological polar surface area (TPSA) is 58.1 Å². The summed E-state index contributed by atoms with van der Waals surface area (Å²) in [6, 6.07) is 6.07. The van der Waals surface area contributed by atoms with E-state index in [1.807, 2.05) is 29.3 Å². The van der Waals surface area contributed by atoms with Crippen LogP contribution in [-0.4, -0.2) is 33.9 Å². The molecule has 116 valence electrons. The number of carbonyl (C=O) groups excluding carboxylic acids is 1. The van der Waals surface area contributed by atoms with Crippen molar-refractivity contribution >= 4 is 28.2 Å². The number of rotatable bonds is 3. The van der Waals surface area contributed by atoms with E-state index in [-0.39, 0.29) is 5.91 Å². The maximum Gasteiger partial charge on any atom is 0.219 e. The molecule has 0 radical (unpaired) electrons. The molecule has 0 unspecified atom stereocenters. The van der Waals surface area contributed by atoms with Gasteiger partial charge < -0.3 is 10.2 Å². The third kappa shape index (κ3) is 3.44. The first-order valence-corrected chi connectivity index (χ1v) is 8.41. The summed E-state index contributed by atoms with van der Waals surface area (Å²) in [6.45, 7) is 5.27. The number of nitrogens with zero attached hydrogens (tertiary/aromatic N) is 3. The second kappa shape index (κ2) is 6.44. The minimum atomic E-state index is 0.168. The molecule has 1 fully saturated rings. The fraction of sp³-hybridized carbons (Fsp3) is 0.438. The normalized spacial score (nSPS) is 15.8. The molecular formula is C16H20N4OS. The average molecular weight is 316 g/mol. The molecule has 2 aromatic heterocycles. The van der Waals surface area contributed by atoms with Gasteiger partial charge in [0.1, 0.15) is 5.82 Å². The molecule has 1 aliphatic heterocycles. The number of nitrogens with one attached hydrogen (secondary N) is 1. The Morgan fingerprint density at radius 3 is 2.73 bits per heavy atom. The molecule has 1 N–H and O–H groups in total. The SMILES string of the molecule is CC(=O)N1CCC(c2cccc(Nc3nc(C)cs3)n2)CC1. The van der Waals surface area contributed by atoms with Crippen LogP contribution in [0.1, 0.15) is 37.1 Å². The Balaban J connectivity index is 1.68. The monoisotopic (exact) mass is 316 g/mol. The van der Waals surface area contributed by atoms with Gasteiger partial charge in [0.05, 0.1) is 5.69 Å². The van der Waals surface area contributed by atoms with Gasteiger partial charge in [-0.25, -0.2) is 9.97 Å². The van der Waals surface area contributed by atoms with Gasteiger partial charge >= 0.3 is 0 Å². The number of piperidine rings is 1. The Kier molecular flexibility index (Phi) is 4.38. The van der Waals surface area contributed by atoms with Gasteiger partial charge in [0.25, 0.3) is 0 Å². The zero-order valence-corrected chi connectivity index (χ0v) is 13.7. The van der Waals surface area contributed by atoms with E-state index in [0.717, 1.165) is 48.3 Å². The van der Waals surface area contributed by atoms with E-state index in [4.69, 9.17) is 4.98 Å². The second-order valence-electron chi connectivity index (χ2n) is 5.65. The number of aromatic nitrogens is 2. The van der Waals surface area contributed by atoms with Crippen LogP contribution >= 0.6 is 11.3 Å². The molecule has 0 aromatic carbocycles. The van der Waals surface area contributed by atoms with Gasteiger partial charge in [-0.1, -0.05) is 6.07 Å². The van der Waals surface area contributed by atoms with Crippen molar-refractivity contribution < 1.29 is 4.79 Å². The van der Waals surface area contributed by atoms with Crippen LogP contribution < -0.4 is 5.32 Å². The lowest BCUT2D eigenvalue weighted by Gasteiger charge is -2.31. The van der Waals surface area contributed by atoms with Crippen molar-refractivity contribution in [1.29, 1.82) is 0 Å². The number of aryl methyl sites for hydroxylation is 1. The lowest BCUT2D eigenvalue weighted by atomic mass is 9.93. The van der Waals surface area contributed by atoms with Crippen molar-refractivity contribution in [2.75, 3.05) is 18.4 Å². The highest BCUT2D eigenvalue weighted by Gasteiger charge is 2.22. The van der Waals surface area contributed by atoms with E-state index in [9.17, 15) is 4.79 Å². The molecule has 1 aliphatic rings. The fourth-order valence-corrected chi connectivity index (χ4v) is 3.45. The number of amides is 1. The van der Waals surface area contributed by atoms with Crippen molar-refractivity contribution in [3.05, 3.63) is 35.0 Å². The predicted molar refractivity (Wildman–Crippen MR) is 88.6 cm³/mol. The van der Waals surface area contributed by atoms with Gasteiger partial charge in [-0.05, 0) is 31.9 Å². The summed E-state index contributed by atoms with van der Waals surface area (Å²) in [4.78, 5) is 22.4. The molecule has 0 spiro atoms. The van der Waals surface area contributed by atoms with Gasteiger partial charge in [0.15, 0.2) is 5.13 Å². The van der Waals surface area contributed by atoms with Gasteiger partial charge in [-0.2, -0.15) is 0 Å². The van der Waals surface area contributed by atoms with E-state index in [0.29, 0.717) is 5.92 Å². The van der Waals surface area contributed by atoms with Gasteiger partial charge in [-0.3, -0.25) is 4.79 Å². The lowest BCUT2D eigenvalue weighted by Crippen LogP contribution is -2.36. The molecular weight excluding hydrogens is 296 g/mol. The van der Waals surface area contributed by atoms with Crippen molar-refractivity contribution in [2.45, 2.75) is 32.6 Å². The predicted octanol–water partition coefficient (Wildman–Crippen LogP) is 3.32. The molecule has 1 saturated heterocycles. The Morgan fingerprint density at radius 1 is 1.32 bits per heavy atom. The number of likely N-dealkylation sites (tertiary alicyclic amines) is 1. The number of anilines is 2. The third-order valence-corrected chi connectivity index (χ3v) is 4.86. The Labute approximate surface area is 134 Å². The van der Waals surface area contributed by atoms with E-state index >= 15 is 0 Å². The smallest absolute Gasteiger partial charge is 0.219 e. The standard InChI is InChI=1S/C16H20N4OS/c1-11-10-22-16(17-11)19-15-5-3-4-14(18-15)13-6-8-20(9-7-13)12(2)21/h3-5,10,13H,6-9H2,1-2H3,(H,17,18,19). The largest absolute Gasteiger partial charge is 0.343 e. The molecule has 0 atom stereocenters. The molecule has 0 aliphatic carbocycles. The van der Waals surface area contributed by atoms with Crippen molar-refractivity contribution in [1.82, 2.24) is 14.9 Å². The van der Waals surface area contributed by atoms with Crippen molar-refractivity contribution in [2.24, 2.45) is 0 Å². The van der Waals surface area contributed by atoms with E-state index in [2.05, 4.69) is 16.4 Å². The zero-order chi connectivity index (χ0) is 15.5. The summed E-state index contributed by atoms with van der Waals surface area (Å²) in [6.07, 6.45) is 1.96. The maximum atomic E-state index is 11.4. The summed E-state index contributed by atoms with van der Waals surface area (Å²) in [5.74, 6) is 1.43. The van der Waals surface area contributed by atoms with Crippen LogP contribution in [0.25, 0.3) is 0 Å². The van der Waals surface area contributed by atoms with Gasteiger partial charge in [-0.15, -0.1) is 11.3 Å². The number of pyridine rings is 1. The first-order chi connectivity index (χ1) is 10.6. The number of carbonyl (C=O) groups is 1. The first kappa shape index (κ1) is 15.0. The van der Waals surface area contributed by atoms with Crippen molar-refractivity contribution in [3.63, 3.8) is 0 Å². The van der Waals surface area contributed by atoms with Crippen LogP contribution in [0.3, 0.4) is 0 Å². The van der Waals surface area contributed by atoms with Crippen LogP contribution in [0.2, 0.25) is 0 Å². The third-order valence-electron chi connectivity index (χ3n) is 3.98. The van der Waals surface area contributed by atoms with Crippen LogP contribution in [0.4, 0.5) is 10.9 Å². The van der Waals surface area contributed by atoms with Crippen LogP contribution in [0.15, 0.2) is 23.6 Å². The zero-order valence-electron chi connectivity index (χ0n) is 12.9. The Hall–Kier alpha value is -1.95.